The van der Waals surface area contributed by atoms with Crippen LogP contribution in [0.2, 0.25) is 0 Å². The molecule has 4 nitrogen and oxygen atoms in total. The lowest BCUT2D eigenvalue weighted by molar-refractivity contribution is -0.218. The van der Waals surface area contributed by atoms with Crippen LogP contribution in [0.3, 0.4) is 0 Å². The van der Waals surface area contributed by atoms with Gasteiger partial charge in [0, 0.05) is 18.7 Å². The van der Waals surface area contributed by atoms with Crippen LogP contribution in [-0.2, 0) is 9.59 Å². The summed E-state index contributed by atoms with van der Waals surface area (Å²) < 4.78 is 0. The van der Waals surface area contributed by atoms with Crippen LogP contribution >= 0.6 is 0 Å². The second-order valence-electron chi connectivity index (χ2n) is 8.90. The van der Waals surface area contributed by atoms with E-state index in [0.717, 1.165) is 50.8 Å². The summed E-state index contributed by atoms with van der Waals surface area (Å²) in [7, 11) is 0. The lowest BCUT2D eigenvalue weighted by Crippen LogP contribution is -2.78. The van der Waals surface area contributed by atoms with Crippen LogP contribution in [0.25, 0.3) is 0 Å². The summed E-state index contributed by atoms with van der Waals surface area (Å²) in [4.78, 5) is 29.7. The first kappa shape index (κ1) is 16.1. The van der Waals surface area contributed by atoms with Gasteiger partial charge in [0.2, 0.25) is 11.8 Å². The van der Waals surface area contributed by atoms with Crippen LogP contribution in [0.5, 0.6) is 0 Å². The van der Waals surface area contributed by atoms with Crippen molar-refractivity contribution in [2.75, 3.05) is 6.54 Å². The van der Waals surface area contributed by atoms with Gasteiger partial charge in [-0.1, -0.05) is 36.4 Å². The summed E-state index contributed by atoms with van der Waals surface area (Å²) in [5.74, 6) is 0.523. The maximum absolute atomic E-state index is 13.4. The van der Waals surface area contributed by atoms with E-state index in [2.05, 4.69) is 42.7 Å². The molecule has 2 amide bonds. The van der Waals surface area contributed by atoms with Crippen molar-refractivity contribution in [3.8, 4) is 0 Å². The van der Waals surface area contributed by atoms with Gasteiger partial charge < -0.3 is 9.80 Å². The fourth-order valence-electron chi connectivity index (χ4n) is 5.99. The zero-order valence-electron chi connectivity index (χ0n) is 15.5. The Hall–Kier alpha value is -2.10. The lowest BCUT2D eigenvalue weighted by Gasteiger charge is -2.72. The van der Waals surface area contributed by atoms with E-state index in [9.17, 15) is 9.59 Å². The fourth-order valence-corrected chi connectivity index (χ4v) is 5.99. The average Bonchev–Trinajstić information content (AvgIpc) is 3.14. The Morgan fingerprint density at radius 3 is 2.65 bits per heavy atom. The molecule has 136 valence electrons. The molecule has 0 radical (unpaired) electrons. The summed E-state index contributed by atoms with van der Waals surface area (Å²) in [6.07, 6.45) is 6.00. The first-order valence-corrected chi connectivity index (χ1v) is 9.83. The van der Waals surface area contributed by atoms with E-state index in [0.29, 0.717) is 12.3 Å². The molecule has 1 atom stereocenters. The molecule has 5 fully saturated rings. The molecule has 5 aliphatic rings. The highest BCUT2D eigenvalue weighted by Crippen LogP contribution is 2.72. The number of aryl methyl sites for hydroxylation is 1. The standard InChI is InChI=1S/C22H26N2O2/c1-15-5-3-6-17(11-15)18-7-4-10-23(18)20(26)21-12-22(13-21,14-21)24-16(2)8-9-19(24)25/h3,5-6,11,18H,2,4,7-10,12-14H2,1H3. The number of hydrogen-bond donors (Lipinski definition) is 0. The zero-order chi connectivity index (χ0) is 18.1. The molecular formula is C22H26N2O2. The number of carbonyl (C=O) groups is 2. The molecular weight excluding hydrogens is 324 g/mol. The molecule has 1 aromatic carbocycles. The van der Waals surface area contributed by atoms with Gasteiger partial charge >= 0.3 is 0 Å². The van der Waals surface area contributed by atoms with Crippen molar-refractivity contribution in [3.05, 3.63) is 47.7 Å². The van der Waals surface area contributed by atoms with Crippen molar-refractivity contribution in [1.29, 1.82) is 0 Å². The quantitative estimate of drug-likeness (QED) is 0.834. The van der Waals surface area contributed by atoms with Crippen molar-refractivity contribution in [1.82, 2.24) is 9.80 Å². The molecule has 3 saturated carbocycles. The lowest BCUT2D eigenvalue weighted by atomic mass is 9.38. The molecule has 2 saturated heterocycles. The highest BCUT2D eigenvalue weighted by molar-refractivity contribution is 5.90. The van der Waals surface area contributed by atoms with Gasteiger partial charge in [-0.05, 0) is 51.0 Å². The molecule has 2 aliphatic heterocycles. The van der Waals surface area contributed by atoms with E-state index in [4.69, 9.17) is 0 Å². The smallest absolute Gasteiger partial charge is 0.229 e. The Labute approximate surface area is 154 Å². The zero-order valence-corrected chi connectivity index (χ0v) is 15.5. The third-order valence-corrected chi connectivity index (χ3v) is 7.06. The van der Waals surface area contributed by atoms with E-state index >= 15 is 0 Å². The molecule has 2 bridgehead atoms. The monoisotopic (exact) mass is 350 g/mol. The average molecular weight is 350 g/mol. The second kappa shape index (κ2) is 5.21. The molecule has 6 rings (SSSR count). The third-order valence-electron chi connectivity index (χ3n) is 7.06. The van der Waals surface area contributed by atoms with Crippen molar-refractivity contribution < 1.29 is 9.59 Å². The molecule has 0 N–H and O–H groups in total. The van der Waals surface area contributed by atoms with E-state index < -0.39 is 0 Å². The number of amides is 2. The minimum absolute atomic E-state index is 0.0844. The van der Waals surface area contributed by atoms with E-state index in [1.807, 2.05) is 4.90 Å². The fraction of sp³-hybridized carbons (Fsp3) is 0.545. The SMILES string of the molecule is C=C1CCC(=O)N1C12CC(C(=O)N3CCCC3c3cccc(C)c3)(C1)C2. The van der Waals surface area contributed by atoms with E-state index in [-0.39, 0.29) is 22.9 Å². The molecule has 1 unspecified atom stereocenters. The van der Waals surface area contributed by atoms with Gasteiger partial charge in [-0.15, -0.1) is 0 Å². The Morgan fingerprint density at radius 2 is 2.00 bits per heavy atom. The minimum atomic E-state index is -0.213. The second-order valence-corrected chi connectivity index (χ2v) is 8.90. The predicted molar refractivity (Wildman–Crippen MR) is 99.1 cm³/mol. The number of hydrogen-bond acceptors (Lipinski definition) is 2. The first-order valence-electron chi connectivity index (χ1n) is 9.83. The van der Waals surface area contributed by atoms with Crippen LogP contribution in [0.4, 0.5) is 0 Å². The van der Waals surface area contributed by atoms with Crippen LogP contribution in [0.15, 0.2) is 36.5 Å². The summed E-state index contributed by atoms with van der Waals surface area (Å²) in [6, 6.07) is 8.78. The van der Waals surface area contributed by atoms with Crippen molar-refractivity contribution >= 4 is 11.8 Å². The van der Waals surface area contributed by atoms with Crippen LogP contribution in [-0.4, -0.2) is 33.7 Å². The number of nitrogens with zero attached hydrogens (tertiary/aromatic N) is 2. The van der Waals surface area contributed by atoms with Gasteiger partial charge in [0.15, 0.2) is 0 Å². The molecule has 0 aromatic heterocycles. The van der Waals surface area contributed by atoms with Gasteiger partial charge in [0.25, 0.3) is 0 Å². The maximum Gasteiger partial charge on any atom is 0.229 e. The van der Waals surface area contributed by atoms with Gasteiger partial charge in [-0.3, -0.25) is 9.59 Å². The highest BCUT2D eigenvalue weighted by atomic mass is 16.2. The number of allylic oxidation sites excluding steroid dienone is 1. The summed E-state index contributed by atoms with van der Waals surface area (Å²) in [6.45, 7) is 7.04. The number of carbonyl (C=O) groups excluding carboxylic acids is 2. The highest BCUT2D eigenvalue weighted by Gasteiger charge is 2.75. The first-order chi connectivity index (χ1) is 12.4. The van der Waals surface area contributed by atoms with Crippen molar-refractivity contribution in [2.45, 2.75) is 63.5 Å². The van der Waals surface area contributed by atoms with Gasteiger partial charge in [-0.25, -0.2) is 0 Å². The molecule has 26 heavy (non-hydrogen) atoms. The molecule has 1 aromatic rings. The summed E-state index contributed by atoms with van der Waals surface area (Å²) in [5.41, 5.74) is 3.17. The molecule has 0 spiro atoms. The minimum Gasteiger partial charge on any atom is -0.335 e. The predicted octanol–water partition coefficient (Wildman–Crippen LogP) is 3.72. The van der Waals surface area contributed by atoms with Gasteiger partial charge in [0.1, 0.15) is 0 Å². The number of rotatable bonds is 3. The van der Waals surface area contributed by atoms with Crippen LogP contribution < -0.4 is 0 Å². The molecule has 3 aliphatic carbocycles. The summed E-state index contributed by atoms with van der Waals surface area (Å²) in [5, 5.41) is 0. The Bertz CT molecular complexity index is 791. The normalized spacial score (nSPS) is 35.5. The topological polar surface area (TPSA) is 40.6 Å². The Balaban J connectivity index is 1.33. The Kier molecular flexibility index (Phi) is 3.23. The Morgan fingerprint density at radius 1 is 1.23 bits per heavy atom. The number of benzene rings is 1. The number of likely N-dealkylation sites (tertiary alicyclic amines) is 2. The molecule has 4 heteroatoms. The summed E-state index contributed by atoms with van der Waals surface area (Å²) >= 11 is 0. The van der Waals surface area contributed by atoms with Crippen molar-refractivity contribution in [2.24, 2.45) is 5.41 Å². The van der Waals surface area contributed by atoms with E-state index in [1.165, 1.54) is 11.1 Å². The van der Waals surface area contributed by atoms with Crippen molar-refractivity contribution in [3.63, 3.8) is 0 Å². The largest absolute Gasteiger partial charge is 0.335 e. The van der Waals surface area contributed by atoms with Gasteiger partial charge in [-0.2, -0.15) is 0 Å². The maximum atomic E-state index is 13.4. The van der Waals surface area contributed by atoms with Crippen LogP contribution in [0.1, 0.15) is 62.1 Å². The van der Waals surface area contributed by atoms with E-state index in [1.54, 1.807) is 0 Å². The molecule has 2 heterocycles. The van der Waals surface area contributed by atoms with Crippen LogP contribution in [0, 0.1) is 12.3 Å². The third kappa shape index (κ3) is 2.02. The van der Waals surface area contributed by atoms with Gasteiger partial charge in [0.05, 0.1) is 17.0 Å².